The lowest BCUT2D eigenvalue weighted by Gasteiger charge is -2.12. The summed E-state index contributed by atoms with van der Waals surface area (Å²) in [5.41, 5.74) is 0.563. The van der Waals surface area contributed by atoms with Crippen molar-refractivity contribution in [1.82, 2.24) is 0 Å². The van der Waals surface area contributed by atoms with Gasteiger partial charge in [0.2, 0.25) is 6.79 Å². The van der Waals surface area contributed by atoms with E-state index in [1.54, 1.807) is 18.2 Å². The van der Waals surface area contributed by atoms with Gasteiger partial charge in [-0.25, -0.2) is 0 Å². The van der Waals surface area contributed by atoms with Crippen LogP contribution in [0.25, 0.3) is 0 Å². The van der Waals surface area contributed by atoms with Crippen molar-refractivity contribution in [3.05, 3.63) is 23.8 Å². The highest BCUT2D eigenvalue weighted by Gasteiger charge is 2.18. The van der Waals surface area contributed by atoms with Crippen molar-refractivity contribution < 1.29 is 23.7 Å². The van der Waals surface area contributed by atoms with Crippen LogP contribution < -0.4 is 9.47 Å². The minimum atomic E-state index is -0.520. The Kier molecular flexibility index (Phi) is 3.61. The van der Waals surface area contributed by atoms with Crippen LogP contribution in [0.5, 0.6) is 11.5 Å². The number of ketones is 1. The van der Waals surface area contributed by atoms with Crippen LogP contribution in [0, 0.1) is 0 Å². The molecule has 0 aromatic heterocycles. The highest BCUT2D eigenvalue weighted by atomic mass is 16.7. The number of Topliss-reactive ketones (excluding diaryl/α,β-unsaturated/α-hetero) is 1. The Morgan fingerprint density at radius 3 is 2.71 bits per heavy atom. The third-order valence-corrected chi connectivity index (χ3v) is 2.57. The fourth-order valence-electron chi connectivity index (χ4n) is 1.60. The van der Waals surface area contributed by atoms with Crippen LogP contribution in [0.2, 0.25) is 0 Å². The number of fused-ring (bicyclic) bond motifs is 1. The van der Waals surface area contributed by atoms with Crippen molar-refractivity contribution >= 4 is 5.78 Å². The van der Waals surface area contributed by atoms with Crippen LogP contribution in [0.1, 0.15) is 16.8 Å². The highest BCUT2D eigenvalue weighted by Crippen LogP contribution is 2.32. The molecule has 1 aliphatic heterocycles. The average molecular weight is 238 g/mol. The predicted octanol–water partition coefficient (Wildman–Crippen LogP) is 1.61. The van der Waals surface area contributed by atoms with Gasteiger partial charge in [0.25, 0.3) is 0 Å². The molecule has 0 saturated heterocycles. The molecule has 0 radical (unpaired) electrons. The second kappa shape index (κ2) is 5.16. The first-order valence-electron chi connectivity index (χ1n) is 5.23. The van der Waals surface area contributed by atoms with Gasteiger partial charge in [-0.05, 0) is 18.2 Å². The predicted molar refractivity (Wildman–Crippen MR) is 59.3 cm³/mol. The fraction of sp³-hybridized carbons (Fsp3) is 0.417. The number of ether oxygens (including phenoxy) is 4. The van der Waals surface area contributed by atoms with Crippen molar-refractivity contribution in [2.75, 3.05) is 21.0 Å². The summed E-state index contributed by atoms with van der Waals surface area (Å²) in [5, 5.41) is 0. The van der Waals surface area contributed by atoms with Gasteiger partial charge in [0, 0.05) is 19.8 Å². The maximum Gasteiger partial charge on any atom is 0.231 e. The smallest absolute Gasteiger partial charge is 0.231 e. The molecule has 0 unspecified atom stereocenters. The molecule has 1 aromatic rings. The second-order valence-electron chi connectivity index (χ2n) is 3.60. The summed E-state index contributed by atoms with van der Waals surface area (Å²) in [4.78, 5) is 11.9. The minimum absolute atomic E-state index is 0.0583. The van der Waals surface area contributed by atoms with Crippen LogP contribution >= 0.6 is 0 Å². The Bertz CT molecular complexity index is 411. The standard InChI is InChI=1S/C12H14O5/c1-14-12(15-2)6-9(13)8-3-4-10-11(5-8)17-7-16-10/h3-5,12H,6-7H2,1-2H3. The monoisotopic (exact) mass is 238 g/mol. The molecule has 2 rings (SSSR count). The fourth-order valence-corrected chi connectivity index (χ4v) is 1.60. The zero-order valence-corrected chi connectivity index (χ0v) is 9.76. The molecule has 5 heteroatoms. The van der Waals surface area contributed by atoms with Gasteiger partial charge < -0.3 is 18.9 Å². The zero-order valence-electron chi connectivity index (χ0n) is 9.76. The van der Waals surface area contributed by atoms with Gasteiger partial charge in [-0.15, -0.1) is 0 Å². The number of carbonyl (C=O) groups excluding carboxylic acids is 1. The molecule has 0 N–H and O–H groups in total. The first-order chi connectivity index (χ1) is 8.24. The molecule has 1 aromatic carbocycles. The van der Waals surface area contributed by atoms with Crippen LogP contribution in [-0.4, -0.2) is 33.1 Å². The Labute approximate surface area is 99.2 Å². The van der Waals surface area contributed by atoms with E-state index in [2.05, 4.69) is 0 Å². The summed E-state index contributed by atoms with van der Waals surface area (Å²) in [5.74, 6) is 1.20. The van der Waals surface area contributed by atoms with Crippen molar-refractivity contribution in [1.29, 1.82) is 0 Å². The lowest BCUT2D eigenvalue weighted by Crippen LogP contribution is -2.18. The number of hydrogen-bond donors (Lipinski definition) is 0. The number of hydrogen-bond acceptors (Lipinski definition) is 5. The van der Waals surface area contributed by atoms with Crippen LogP contribution in [-0.2, 0) is 9.47 Å². The van der Waals surface area contributed by atoms with E-state index < -0.39 is 6.29 Å². The molecule has 0 spiro atoms. The van der Waals surface area contributed by atoms with Crippen LogP contribution in [0.3, 0.4) is 0 Å². The average Bonchev–Trinajstić information content (AvgIpc) is 2.82. The molecule has 0 amide bonds. The molecule has 0 bridgehead atoms. The quantitative estimate of drug-likeness (QED) is 0.576. The van der Waals surface area contributed by atoms with Gasteiger partial charge in [0.1, 0.15) is 0 Å². The Hall–Kier alpha value is -1.59. The van der Waals surface area contributed by atoms with Crippen molar-refractivity contribution in [3.8, 4) is 11.5 Å². The third-order valence-electron chi connectivity index (χ3n) is 2.57. The Morgan fingerprint density at radius 2 is 2.00 bits per heavy atom. The lowest BCUT2D eigenvalue weighted by molar-refractivity contribution is -0.0993. The van der Waals surface area contributed by atoms with Gasteiger partial charge in [-0.2, -0.15) is 0 Å². The normalized spacial score (nSPS) is 13.1. The molecule has 0 saturated carbocycles. The Balaban J connectivity index is 2.09. The summed E-state index contributed by atoms with van der Waals surface area (Å²) < 4.78 is 20.4. The molecule has 1 aliphatic rings. The summed E-state index contributed by atoms with van der Waals surface area (Å²) in [6.07, 6.45) is -0.347. The molecule has 0 atom stereocenters. The van der Waals surface area contributed by atoms with Crippen LogP contribution in [0.4, 0.5) is 0 Å². The number of carbonyl (C=O) groups is 1. The SMILES string of the molecule is COC(CC(=O)c1ccc2c(c1)OCO2)OC. The zero-order chi connectivity index (χ0) is 12.3. The van der Waals surface area contributed by atoms with Crippen molar-refractivity contribution in [2.45, 2.75) is 12.7 Å². The van der Waals surface area contributed by atoms with E-state index in [0.717, 1.165) is 0 Å². The largest absolute Gasteiger partial charge is 0.454 e. The summed E-state index contributed by atoms with van der Waals surface area (Å²) in [7, 11) is 3.00. The van der Waals surface area contributed by atoms with Gasteiger partial charge in [0.15, 0.2) is 23.6 Å². The van der Waals surface area contributed by atoms with E-state index in [1.807, 2.05) is 0 Å². The molecule has 92 valence electrons. The number of benzene rings is 1. The number of methoxy groups -OCH3 is 2. The molecular weight excluding hydrogens is 224 g/mol. The second-order valence-corrected chi connectivity index (χ2v) is 3.60. The third kappa shape index (κ3) is 2.57. The first kappa shape index (κ1) is 11.9. The number of rotatable bonds is 5. The van der Waals surface area contributed by atoms with E-state index in [4.69, 9.17) is 18.9 Å². The Morgan fingerprint density at radius 1 is 1.29 bits per heavy atom. The minimum Gasteiger partial charge on any atom is -0.454 e. The first-order valence-corrected chi connectivity index (χ1v) is 5.23. The molecule has 5 nitrogen and oxygen atoms in total. The van der Waals surface area contributed by atoms with E-state index in [9.17, 15) is 4.79 Å². The topological polar surface area (TPSA) is 54.0 Å². The summed E-state index contributed by atoms with van der Waals surface area (Å²) in [6, 6.07) is 5.11. The van der Waals surface area contributed by atoms with E-state index in [-0.39, 0.29) is 19.0 Å². The lowest BCUT2D eigenvalue weighted by atomic mass is 10.1. The van der Waals surface area contributed by atoms with Gasteiger partial charge in [-0.1, -0.05) is 0 Å². The molecular formula is C12H14O5. The van der Waals surface area contributed by atoms with E-state index in [1.165, 1.54) is 14.2 Å². The van der Waals surface area contributed by atoms with Gasteiger partial charge in [-0.3, -0.25) is 4.79 Å². The molecule has 17 heavy (non-hydrogen) atoms. The summed E-state index contributed by atoms with van der Waals surface area (Å²) in [6.45, 7) is 0.200. The van der Waals surface area contributed by atoms with Crippen molar-refractivity contribution in [3.63, 3.8) is 0 Å². The van der Waals surface area contributed by atoms with Crippen molar-refractivity contribution in [2.24, 2.45) is 0 Å². The van der Waals surface area contributed by atoms with Gasteiger partial charge in [0.05, 0.1) is 6.42 Å². The maximum atomic E-state index is 11.9. The van der Waals surface area contributed by atoms with E-state index in [0.29, 0.717) is 17.1 Å². The maximum absolute atomic E-state index is 11.9. The summed E-state index contributed by atoms with van der Waals surface area (Å²) >= 11 is 0. The highest BCUT2D eigenvalue weighted by molar-refractivity contribution is 5.96. The molecule has 0 aliphatic carbocycles. The molecule has 0 fully saturated rings. The van der Waals surface area contributed by atoms with Crippen LogP contribution in [0.15, 0.2) is 18.2 Å². The van der Waals surface area contributed by atoms with Gasteiger partial charge >= 0.3 is 0 Å². The van der Waals surface area contributed by atoms with E-state index >= 15 is 0 Å². The molecule has 1 heterocycles.